The van der Waals surface area contributed by atoms with Crippen molar-refractivity contribution >= 4 is 22.6 Å². The highest BCUT2D eigenvalue weighted by Gasteiger charge is 2.08. The number of fused-ring (bicyclic) bond motifs is 1. The molecule has 84 valence electrons. The molecule has 0 fully saturated rings. The Morgan fingerprint density at radius 2 is 1.94 bits per heavy atom. The first-order valence-corrected chi connectivity index (χ1v) is 5.50. The van der Waals surface area contributed by atoms with Crippen LogP contribution in [0.5, 0.6) is 0 Å². The van der Waals surface area contributed by atoms with Crippen molar-refractivity contribution in [3.05, 3.63) is 36.5 Å². The van der Waals surface area contributed by atoms with Crippen LogP contribution in [0.2, 0.25) is 0 Å². The van der Waals surface area contributed by atoms with Crippen LogP contribution < -0.4 is 0 Å². The minimum atomic E-state index is 0.209. The molecule has 0 aliphatic rings. The summed E-state index contributed by atoms with van der Waals surface area (Å²) in [5.74, 6) is 1.12. The van der Waals surface area contributed by atoms with E-state index in [1.807, 2.05) is 18.2 Å². The third-order valence-electron chi connectivity index (χ3n) is 2.31. The Hall–Kier alpha value is -2.01. The van der Waals surface area contributed by atoms with Crippen LogP contribution in [-0.4, -0.2) is 20.1 Å². The average Bonchev–Trinajstić information content (AvgIpc) is 2.87. The van der Waals surface area contributed by atoms with Crippen molar-refractivity contribution < 1.29 is 4.52 Å². The van der Waals surface area contributed by atoms with Gasteiger partial charge in [0.05, 0.1) is 11.0 Å². The summed E-state index contributed by atoms with van der Waals surface area (Å²) in [5, 5.41) is 3.85. The number of rotatable bonds is 2. The van der Waals surface area contributed by atoms with Crippen LogP contribution >= 0.6 is 11.6 Å². The van der Waals surface area contributed by atoms with Gasteiger partial charge in [-0.2, -0.15) is 4.98 Å². The molecule has 0 amide bonds. The van der Waals surface area contributed by atoms with E-state index in [-0.39, 0.29) is 5.88 Å². The van der Waals surface area contributed by atoms with Gasteiger partial charge in [-0.15, -0.1) is 11.6 Å². The fourth-order valence-electron chi connectivity index (χ4n) is 1.53. The SMILES string of the molecule is ClCc1nc(-c2ccc3nccnc3c2)no1. The molecule has 3 aromatic rings. The predicted molar refractivity (Wildman–Crippen MR) is 62.4 cm³/mol. The molecule has 17 heavy (non-hydrogen) atoms. The molecule has 0 unspecified atom stereocenters. The maximum Gasteiger partial charge on any atom is 0.241 e. The van der Waals surface area contributed by atoms with Crippen LogP contribution in [-0.2, 0) is 5.88 Å². The number of halogens is 1. The van der Waals surface area contributed by atoms with Gasteiger partial charge in [-0.25, -0.2) is 0 Å². The van der Waals surface area contributed by atoms with Crippen molar-refractivity contribution in [3.63, 3.8) is 0 Å². The minimum Gasteiger partial charge on any atom is -0.338 e. The third kappa shape index (κ3) is 1.85. The monoisotopic (exact) mass is 246 g/mol. The fourth-order valence-corrected chi connectivity index (χ4v) is 1.64. The molecule has 6 heteroatoms. The molecule has 0 saturated heterocycles. The summed E-state index contributed by atoms with van der Waals surface area (Å²) in [6.07, 6.45) is 3.30. The molecule has 0 atom stereocenters. The molecule has 0 bridgehead atoms. The molecule has 2 aromatic heterocycles. The summed E-state index contributed by atoms with van der Waals surface area (Å²) >= 11 is 5.60. The lowest BCUT2D eigenvalue weighted by atomic mass is 10.2. The summed E-state index contributed by atoms with van der Waals surface area (Å²) in [5.41, 5.74) is 2.46. The van der Waals surface area contributed by atoms with Crippen LogP contribution in [0.15, 0.2) is 35.1 Å². The van der Waals surface area contributed by atoms with Gasteiger partial charge < -0.3 is 4.52 Å². The van der Waals surface area contributed by atoms with E-state index in [4.69, 9.17) is 16.1 Å². The van der Waals surface area contributed by atoms with Gasteiger partial charge in [0.15, 0.2) is 0 Å². The van der Waals surface area contributed by atoms with E-state index in [2.05, 4.69) is 20.1 Å². The first-order chi connectivity index (χ1) is 8.36. The minimum absolute atomic E-state index is 0.209. The van der Waals surface area contributed by atoms with Crippen molar-refractivity contribution in [2.24, 2.45) is 0 Å². The zero-order valence-electron chi connectivity index (χ0n) is 8.67. The maximum absolute atomic E-state index is 5.60. The van der Waals surface area contributed by atoms with Gasteiger partial charge in [0.1, 0.15) is 5.88 Å². The summed E-state index contributed by atoms with van der Waals surface area (Å²) < 4.78 is 4.95. The Morgan fingerprint density at radius 1 is 1.12 bits per heavy atom. The summed E-state index contributed by atoms with van der Waals surface area (Å²) in [6, 6.07) is 5.61. The molecule has 0 N–H and O–H groups in total. The van der Waals surface area contributed by atoms with Crippen molar-refractivity contribution in [2.45, 2.75) is 5.88 Å². The summed E-state index contributed by atoms with van der Waals surface area (Å²) in [7, 11) is 0. The molecule has 0 spiro atoms. The highest BCUT2D eigenvalue weighted by atomic mass is 35.5. The summed E-state index contributed by atoms with van der Waals surface area (Å²) in [4.78, 5) is 12.6. The maximum atomic E-state index is 5.60. The van der Waals surface area contributed by atoms with Gasteiger partial charge in [-0.3, -0.25) is 9.97 Å². The van der Waals surface area contributed by atoms with E-state index in [0.29, 0.717) is 11.7 Å². The molecular weight excluding hydrogens is 240 g/mol. The van der Waals surface area contributed by atoms with Crippen LogP contribution in [0, 0.1) is 0 Å². The lowest BCUT2D eigenvalue weighted by Gasteiger charge is -1.97. The largest absolute Gasteiger partial charge is 0.338 e. The van der Waals surface area contributed by atoms with Crippen molar-refractivity contribution in [2.75, 3.05) is 0 Å². The second kappa shape index (κ2) is 4.10. The van der Waals surface area contributed by atoms with Crippen molar-refractivity contribution in [1.29, 1.82) is 0 Å². The number of nitrogens with zero attached hydrogens (tertiary/aromatic N) is 4. The number of hydrogen-bond donors (Lipinski definition) is 0. The van der Waals surface area contributed by atoms with Crippen LogP contribution in [0.1, 0.15) is 5.89 Å². The zero-order valence-corrected chi connectivity index (χ0v) is 9.42. The average molecular weight is 247 g/mol. The number of alkyl halides is 1. The van der Waals surface area contributed by atoms with Crippen LogP contribution in [0.4, 0.5) is 0 Å². The number of benzene rings is 1. The molecule has 2 heterocycles. The van der Waals surface area contributed by atoms with E-state index in [0.717, 1.165) is 16.6 Å². The van der Waals surface area contributed by atoms with E-state index in [1.54, 1.807) is 12.4 Å². The van der Waals surface area contributed by atoms with E-state index < -0.39 is 0 Å². The second-order valence-corrected chi connectivity index (χ2v) is 3.67. The second-order valence-electron chi connectivity index (χ2n) is 3.41. The van der Waals surface area contributed by atoms with Gasteiger partial charge >= 0.3 is 0 Å². The molecule has 1 aromatic carbocycles. The number of hydrogen-bond acceptors (Lipinski definition) is 5. The first kappa shape index (κ1) is 10.2. The molecule has 0 aliphatic carbocycles. The van der Waals surface area contributed by atoms with Gasteiger partial charge in [0.25, 0.3) is 0 Å². The lowest BCUT2D eigenvalue weighted by molar-refractivity contribution is 0.391. The Kier molecular flexibility index (Phi) is 2.45. The Bertz CT molecular complexity index is 667. The molecule has 5 nitrogen and oxygen atoms in total. The Morgan fingerprint density at radius 3 is 2.71 bits per heavy atom. The first-order valence-electron chi connectivity index (χ1n) is 4.96. The zero-order chi connectivity index (χ0) is 11.7. The van der Waals surface area contributed by atoms with Crippen molar-refractivity contribution in [1.82, 2.24) is 20.1 Å². The normalized spacial score (nSPS) is 10.9. The highest BCUT2D eigenvalue weighted by molar-refractivity contribution is 6.16. The number of aromatic nitrogens is 4. The van der Waals surface area contributed by atoms with Crippen LogP contribution in [0.25, 0.3) is 22.4 Å². The van der Waals surface area contributed by atoms with Gasteiger partial charge in [-0.05, 0) is 18.2 Å². The quantitative estimate of drug-likeness (QED) is 0.650. The van der Waals surface area contributed by atoms with Crippen molar-refractivity contribution in [3.8, 4) is 11.4 Å². The smallest absolute Gasteiger partial charge is 0.241 e. The molecule has 0 saturated carbocycles. The standard InChI is InChI=1S/C11H7ClN4O/c12-6-10-15-11(16-17-10)7-1-2-8-9(5-7)14-4-3-13-8/h1-5H,6H2. The Labute approximate surface area is 101 Å². The summed E-state index contributed by atoms with van der Waals surface area (Å²) in [6.45, 7) is 0. The van der Waals surface area contributed by atoms with Crippen LogP contribution in [0.3, 0.4) is 0 Å². The predicted octanol–water partition coefficient (Wildman–Crippen LogP) is 2.42. The van der Waals surface area contributed by atoms with E-state index >= 15 is 0 Å². The topological polar surface area (TPSA) is 64.7 Å². The Balaban J connectivity index is 2.11. The van der Waals surface area contributed by atoms with Gasteiger partial charge in [0, 0.05) is 18.0 Å². The van der Waals surface area contributed by atoms with Gasteiger partial charge in [-0.1, -0.05) is 5.16 Å². The highest BCUT2D eigenvalue weighted by Crippen LogP contribution is 2.20. The van der Waals surface area contributed by atoms with Gasteiger partial charge in [0.2, 0.25) is 11.7 Å². The lowest BCUT2D eigenvalue weighted by Crippen LogP contribution is -1.85. The molecular formula is C11H7ClN4O. The molecule has 0 aliphatic heterocycles. The fraction of sp³-hybridized carbons (Fsp3) is 0.0909. The van der Waals surface area contributed by atoms with E-state index in [1.165, 1.54) is 0 Å². The third-order valence-corrected chi connectivity index (χ3v) is 2.54. The molecule has 0 radical (unpaired) electrons. The van der Waals surface area contributed by atoms with E-state index in [9.17, 15) is 0 Å². The molecule has 3 rings (SSSR count).